The Bertz CT molecular complexity index is 1370. The van der Waals surface area contributed by atoms with Crippen molar-refractivity contribution >= 4 is 23.8 Å². The number of nitrogens with two attached hydrogens (primary N) is 1. The van der Waals surface area contributed by atoms with Crippen molar-refractivity contribution in [2.75, 3.05) is 26.7 Å². The molecule has 4 aliphatic rings. The van der Waals surface area contributed by atoms with Gasteiger partial charge in [-0.15, -0.1) is 0 Å². The highest BCUT2D eigenvalue weighted by Crippen LogP contribution is 2.65. The maximum atomic E-state index is 13.1. The van der Waals surface area contributed by atoms with Crippen LogP contribution in [0.3, 0.4) is 0 Å². The molecule has 2 aliphatic carbocycles. The monoisotopic (exact) mass is 614 g/mol. The maximum Gasteiger partial charge on any atom is 0.352 e. The van der Waals surface area contributed by atoms with Crippen molar-refractivity contribution < 1.29 is 43.6 Å². The van der Waals surface area contributed by atoms with E-state index in [1.807, 2.05) is 13.1 Å². The summed E-state index contributed by atoms with van der Waals surface area (Å²) in [4.78, 5) is 51.7. The number of esters is 2. The predicted octanol–water partition coefficient (Wildman–Crippen LogP) is 0.285. The van der Waals surface area contributed by atoms with Crippen LogP contribution in [0.25, 0.3) is 0 Å². The number of likely N-dealkylation sites (tertiary alicyclic amines) is 1. The van der Waals surface area contributed by atoms with Gasteiger partial charge in [-0.25, -0.2) is 4.79 Å². The van der Waals surface area contributed by atoms with Gasteiger partial charge in [-0.3, -0.25) is 14.4 Å². The number of ether oxygens (including phenoxy) is 3. The Labute approximate surface area is 256 Å². The van der Waals surface area contributed by atoms with Gasteiger partial charge in [0.05, 0.1) is 17.4 Å². The van der Waals surface area contributed by atoms with Crippen LogP contribution in [0.15, 0.2) is 24.0 Å². The first-order valence-electron chi connectivity index (χ1n) is 15.2. The number of carbonyl (C=O) groups excluding carboxylic acids is 4. The average molecular weight is 615 g/mol. The number of hydrogen-bond acceptors (Lipinski definition) is 11. The van der Waals surface area contributed by atoms with E-state index in [0.29, 0.717) is 50.9 Å². The van der Waals surface area contributed by atoms with Crippen molar-refractivity contribution in [2.45, 2.75) is 94.1 Å². The van der Waals surface area contributed by atoms with E-state index in [1.54, 1.807) is 12.1 Å². The molecular formula is C31H42N4O9. The topological polar surface area (TPSA) is 190 Å². The van der Waals surface area contributed by atoms with E-state index in [4.69, 9.17) is 19.9 Å². The summed E-state index contributed by atoms with van der Waals surface area (Å²) in [6, 6.07) is 2.53. The van der Waals surface area contributed by atoms with E-state index >= 15 is 0 Å². The highest BCUT2D eigenvalue weighted by atomic mass is 16.6. The van der Waals surface area contributed by atoms with Crippen molar-refractivity contribution in [2.24, 2.45) is 5.73 Å². The number of amides is 2. The van der Waals surface area contributed by atoms with E-state index in [9.17, 15) is 29.4 Å². The Kier molecular flexibility index (Phi) is 8.92. The van der Waals surface area contributed by atoms with Gasteiger partial charge in [0, 0.05) is 31.5 Å². The number of phenolic OH excluding ortho intramolecular Hbond substituents is 1. The van der Waals surface area contributed by atoms with E-state index in [-0.39, 0.29) is 42.8 Å². The number of hydrogen-bond donors (Lipinski definition) is 5. The third kappa shape index (κ3) is 5.41. The van der Waals surface area contributed by atoms with Gasteiger partial charge in [0.25, 0.3) is 0 Å². The molecule has 1 saturated heterocycles. The van der Waals surface area contributed by atoms with Crippen LogP contribution in [0.1, 0.15) is 63.5 Å². The quantitative estimate of drug-likeness (QED) is 0.161. The number of aliphatic hydroxyl groups is 1. The van der Waals surface area contributed by atoms with Gasteiger partial charge in [0.1, 0.15) is 11.8 Å². The van der Waals surface area contributed by atoms with Gasteiger partial charge in [-0.1, -0.05) is 6.07 Å². The third-order valence-corrected chi connectivity index (χ3v) is 9.48. The lowest BCUT2D eigenvalue weighted by Gasteiger charge is -2.61. The fraction of sp³-hybridized carbons (Fsp3) is 0.613. The first-order chi connectivity index (χ1) is 20.9. The number of likely N-dealkylation sites (N-methyl/N-ethyl adjacent to an activating group) is 1. The molecule has 44 heavy (non-hydrogen) atoms. The second-order valence-corrected chi connectivity index (χ2v) is 12.2. The number of aromatic hydroxyl groups is 1. The second-order valence-electron chi connectivity index (χ2n) is 12.2. The Hall–Kier alpha value is -3.68. The van der Waals surface area contributed by atoms with E-state index in [0.717, 1.165) is 11.1 Å². The minimum absolute atomic E-state index is 0.0359. The fourth-order valence-corrected chi connectivity index (χ4v) is 7.36. The zero-order valence-corrected chi connectivity index (χ0v) is 25.4. The highest BCUT2D eigenvalue weighted by Gasteiger charge is 2.72. The molecule has 2 heterocycles. The summed E-state index contributed by atoms with van der Waals surface area (Å²) in [5.41, 5.74) is 5.16. The predicted molar refractivity (Wildman–Crippen MR) is 156 cm³/mol. The Balaban J connectivity index is 1.20. The summed E-state index contributed by atoms with van der Waals surface area (Å²) < 4.78 is 17.3. The number of nitrogens with zero attached hydrogens (tertiary/aromatic N) is 1. The standard InChI is InChI=1S/C31H42N4O9/c1-17(42-24(38)10-14-33-28(39)20(34-18(2)36)6-4-5-13-32)29(40)43-22-9-11-31(41)23-16-19-7-8-21(37)26-25(19)30(31,27(22)44-26)12-15-35(23)3/h7-9,17,20,23,27,37,41H,4-6,10-16,32H2,1-3H3,(H,33,39)(H,34,36)/t17-,20-,23+,27-,30-,31+/m0/s1. The van der Waals surface area contributed by atoms with Crippen molar-refractivity contribution in [3.63, 3.8) is 0 Å². The highest BCUT2D eigenvalue weighted by molar-refractivity contribution is 5.87. The number of piperidine rings is 1. The Morgan fingerprint density at radius 3 is 2.75 bits per heavy atom. The minimum Gasteiger partial charge on any atom is -0.504 e. The smallest absolute Gasteiger partial charge is 0.352 e. The number of unbranched alkanes of at least 4 members (excludes halogenated alkanes) is 1. The zero-order valence-electron chi connectivity index (χ0n) is 25.4. The van der Waals surface area contributed by atoms with Gasteiger partial charge in [-0.2, -0.15) is 0 Å². The molecule has 240 valence electrons. The Morgan fingerprint density at radius 1 is 1.25 bits per heavy atom. The fourth-order valence-electron chi connectivity index (χ4n) is 7.36. The van der Waals surface area contributed by atoms with Crippen LogP contribution >= 0.6 is 0 Å². The van der Waals surface area contributed by atoms with Crippen molar-refractivity contribution in [3.8, 4) is 11.5 Å². The second kappa shape index (κ2) is 12.4. The summed E-state index contributed by atoms with van der Waals surface area (Å²) in [7, 11) is 1.98. The third-order valence-electron chi connectivity index (χ3n) is 9.48. The summed E-state index contributed by atoms with van der Waals surface area (Å²) in [6.07, 6.45) is 2.50. The molecule has 13 heteroatoms. The van der Waals surface area contributed by atoms with Crippen LogP contribution in [0.2, 0.25) is 0 Å². The van der Waals surface area contributed by atoms with Crippen LogP contribution in [-0.2, 0) is 40.5 Å². The first-order valence-corrected chi connectivity index (χ1v) is 15.2. The molecule has 1 fully saturated rings. The van der Waals surface area contributed by atoms with Crippen LogP contribution < -0.4 is 21.1 Å². The molecule has 5 rings (SSSR count). The van der Waals surface area contributed by atoms with E-state index < -0.39 is 47.1 Å². The molecular weight excluding hydrogens is 572 g/mol. The van der Waals surface area contributed by atoms with Crippen molar-refractivity contribution in [3.05, 3.63) is 35.1 Å². The SMILES string of the molecule is CC(=O)N[C@@H](CCCCN)C(=O)NCCC(=O)O[C@@H](C)C(=O)OC1=CC[C@@]2(O)[C@H]3Cc4ccc(O)c5c4[C@@]2(CCN3C)[C@H]1O5. The average Bonchev–Trinajstić information content (AvgIpc) is 3.33. The number of rotatable bonds is 12. The van der Waals surface area contributed by atoms with Gasteiger partial charge in [-0.05, 0) is 76.9 Å². The molecule has 2 aliphatic heterocycles. The lowest BCUT2D eigenvalue weighted by atomic mass is 9.50. The summed E-state index contributed by atoms with van der Waals surface area (Å²) in [6.45, 7) is 3.83. The van der Waals surface area contributed by atoms with Gasteiger partial charge < -0.3 is 45.7 Å². The van der Waals surface area contributed by atoms with Gasteiger partial charge in [0.15, 0.2) is 23.7 Å². The number of carbonyl (C=O) groups is 4. The minimum atomic E-state index is -1.26. The molecule has 13 nitrogen and oxygen atoms in total. The maximum absolute atomic E-state index is 13.1. The normalized spacial score (nSPS) is 27.6. The van der Waals surface area contributed by atoms with Crippen LogP contribution in [0, 0.1) is 0 Å². The molecule has 0 saturated carbocycles. The first kappa shape index (κ1) is 31.7. The van der Waals surface area contributed by atoms with Crippen LogP contribution in [0.5, 0.6) is 11.5 Å². The molecule has 2 bridgehead atoms. The molecule has 0 unspecified atom stereocenters. The van der Waals surface area contributed by atoms with E-state index in [1.165, 1.54) is 13.8 Å². The molecule has 0 aromatic heterocycles. The molecule has 1 aromatic rings. The van der Waals surface area contributed by atoms with Crippen LogP contribution in [-0.4, -0.2) is 95.4 Å². The lowest BCUT2D eigenvalue weighted by molar-refractivity contribution is -0.175. The largest absolute Gasteiger partial charge is 0.504 e. The van der Waals surface area contributed by atoms with Gasteiger partial charge in [0.2, 0.25) is 11.8 Å². The summed E-state index contributed by atoms with van der Waals surface area (Å²) >= 11 is 0. The molecule has 6 atom stereocenters. The molecule has 2 amide bonds. The van der Waals surface area contributed by atoms with Crippen molar-refractivity contribution in [1.82, 2.24) is 15.5 Å². The summed E-state index contributed by atoms with van der Waals surface area (Å²) in [5, 5.41) is 28.1. The van der Waals surface area contributed by atoms with Gasteiger partial charge >= 0.3 is 11.9 Å². The zero-order chi connectivity index (χ0) is 31.8. The molecule has 6 N–H and O–H groups in total. The number of nitrogens with one attached hydrogen (secondary N) is 2. The molecule has 0 radical (unpaired) electrons. The number of benzene rings is 1. The van der Waals surface area contributed by atoms with Crippen LogP contribution in [0.4, 0.5) is 0 Å². The number of phenols is 1. The lowest BCUT2D eigenvalue weighted by Crippen LogP contribution is -2.74. The molecule has 1 spiro atoms. The van der Waals surface area contributed by atoms with E-state index in [2.05, 4.69) is 15.5 Å². The summed E-state index contributed by atoms with van der Waals surface area (Å²) in [5.74, 6) is -1.82. The Morgan fingerprint density at radius 2 is 2.02 bits per heavy atom. The van der Waals surface area contributed by atoms with Crippen molar-refractivity contribution in [1.29, 1.82) is 0 Å². The molecule has 1 aromatic carbocycles.